The predicted molar refractivity (Wildman–Crippen MR) is 87.5 cm³/mol. The molecule has 0 rings (SSSR count). The van der Waals surface area contributed by atoms with Gasteiger partial charge in [-0.1, -0.05) is 51.4 Å². The van der Waals surface area contributed by atoms with Crippen LogP contribution in [0.2, 0.25) is 0 Å². The molecule has 4 heteroatoms. The third-order valence-electron chi connectivity index (χ3n) is 3.26. The number of alkyl carbamates (subject to hydrolysis) is 1. The van der Waals surface area contributed by atoms with E-state index >= 15 is 0 Å². The van der Waals surface area contributed by atoms with E-state index in [0.29, 0.717) is 13.2 Å². The second kappa shape index (κ2) is 12.9. The van der Waals surface area contributed by atoms with Crippen LogP contribution < -0.4 is 5.32 Å². The van der Waals surface area contributed by atoms with Crippen LogP contribution in [0.5, 0.6) is 0 Å². The van der Waals surface area contributed by atoms with Crippen LogP contribution in [-0.2, 0) is 4.74 Å². The van der Waals surface area contributed by atoms with Gasteiger partial charge in [0.25, 0.3) is 0 Å². The second-order valence-corrected chi connectivity index (χ2v) is 6.77. The van der Waals surface area contributed by atoms with Crippen molar-refractivity contribution < 1.29 is 14.6 Å². The summed E-state index contributed by atoms with van der Waals surface area (Å²) in [7, 11) is 0. The fraction of sp³-hybridized carbons (Fsp3) is 0.941. The number of unbranched alkanes of at least 4 members (excludes halogenated alkanes) is 9. The highest BCUT2D eigenvalue weighted by atomic mass is 16.5. The number of carbonyl (C=O) groups excluding carboxylic acids is 1. The Morgan fingerprint density at radius 2 is 1.29 bits per heavy atom. The largest absolute Gasteiger partial charge is 0.450 e. The summed E-state index contributed by atoms with van der Waals surface area (Å²) in [5.74, 6) is 0. The molecular weight excluding hydrogens is 266 g/mol. The average molecular weight is 301 g/mol. The van der Waals surface area contributed by atoms with E-state index in [0.717, 1.165) is 25.7 Å². The van der Waals surface area contributed by atoms with Gasteiger partial charge in [0.05, 0.1) is 6.61 Å². The fourth-order valence-corrected chi connectivity index (χ4v) is 2.14. The molecule has 0 heterocycles. The van der Waals surface area contributed by atoms with E-state index in [9.17, 15) is 4.79 Å². The molecule has 4 nitrogen and oxygen atoms in total. The molecule has 126 valence electrons. The minimum atomic E-state index is -0.314. The maximum absolute atomic E-state index is 11.4. The molecular formula is C17H35NO3. The van der Waals surface area contributed by atoms with Crippen LogP contribution in [0.25, 0.3) is 0 Å². The Hall–Kier alpha value is -0.770. The number of rotatable bonds is 12. The monoisotopic (exact) mass is 301 g/mol. The lowest BCUT2D eigenvalue weighted by atomic mass is 10.1. The number of aliphatic hydroxyl groups excluding tert-OH is 1. The minimum Gasteiger partial charge on any atom is -0.450 e. The zero-order valence-electron chi connectivity index (χ0n) is 14.2. The van der Waals surface area contributed by atoms with E-state index in [4.69, 9.17) is 9.84 Å². The Morgan fingerprint density at radius 1 is 0.857 bits per heavy atom. The molecule has 0 radical (unpaired) electrons. The molecule has 0 aromatic rings. The number of carbonyl (C=O) groups is 1. The lowest BCUT2D eigenvalue weighted by Crippen LogP contribution is -2.41. The number of hydrogen-bond acceptors (Lipinski definition) is 3. The Morgan fingerprint density at radius 3 is 1.71 bits per heavy atom. The predicted octanol–water partition coefficient (Wildman–Crippen LogP) is 4.40. The molecule has 0 fully saturated rings. The highest BCUT2D eigenvalue weighted by molar-refractivity contribution is 5.67. The van der Waals surface area contributed by atoms with Gasteiger partial charge in [0.1, 0.15) is 0 Å². The molecule has 0 bridgehead atoms. The zero-order chi connectivity index (χ0) is 16.0. The molecule has 0 aliphatic rings. The summed E-state index contributed by atoms with van der Waals surface area (Å²) in [4.78, 5) is 11.4. The third kappa shape index (κ3) is 17.2. The quantitative estimate of drug-likeness (QED) is 0.525. The van der Waals surface area contributed by atoms with Crippen molar-refractivity contribution in [2.75, 3.05) is 13.2 Å². The van der Waals surface area contributed by atoms with Crippen LogP contribution in [-0.4, -0.2) is 30.0 Å². The van der Waals surface area contributed by atoms with Gasteiger partial charge in [-0.15, -0.1) is 0 Å². The van der Waals surface area contributed by atoms with Crippen LogP contribution in [0.1, 0.15) is 85.0 Å². The third-order valence-corrected chi connectivity index (χ3v) is 3.26. The molecule has 0 aliphatic heterocycles. The van der Waals surface area contributed by atoms with Crippen molar-refractivity contribution in [1.29, 1.82) is 0 Å². The van der Waals surface area contributed by atoms with Crippen molar-refractivity contribution in [3.63, 3.8) is 0 Å². The van der Waals surface area contributed by atoms with Gasteiger partial charge in [-0.3, -0.25) is 0 Å². The highest BCUT2D eigenvalue weighted by Gasteiger charge is 2.13. The summed E-state index contributed by atoms with van der Waals surface area (Å²) < 4.78 is 5.13. The minimum absolute atomic E-state index is 0.228. The average Bonchev–Trinajstić information content (AvgIpc) is 2.38. The summed E-state index contributed by atoms with van der Waals surface area (Å²) in [5.41, 5.74) is -0.228. The molecule has 0 aliphatic carbocycles. The van der Waals surface area contributed by atoms with E-state index in [2.05, 4.69) is 5.32 Å². The van der Waals surface area contributed by atoms with E-state index in [1.807, 2.05) is 20.8 Å². The molecule has 0 saturated carbocycles. The molecule has 0 atom stereocenters. The van der Waals surface area contributed by atoms with Gasteiger partial charge >= 0.3 is 6.09 Å². The van der Waals surface area contributed by atoms with Gasteiger partial charge in [0.2, 0.25) is 0 Å². The molecule has 0 aromatic carbocycles. The summed E-state index contributed by atoms with van der Waals surface area (Å²) in [6.45, 7) is 6.67. The Balaban J connectivity index is 3.17. The number of aliphatic hydroxyl groups is 1. The summed E-state index contributed by atoms with van der Waals surface area (Å²) in [5, 5.41) is 11.4. The van der Waals surface area contributed by atoms with Gasteiger partial charge in [-0.05, 0) is 33.6 Å². The topological polar surface area (TPSA) is 58.6 Å². The highest BCUT2D eigenvalue weighted by Crippen LogP contribution is 2.10. The first kappa shape index (κ1) is 20.2. The summed E-state index contributed by atoms with van der Waals surface area (Å²) in [6, 6.07) is 0. The van der Waals surface area contributed by atoms with Crippen molar-refractivity contribution in [3.05, 3.63) is 0 Å². The first-order chi connectivity index (χ1) is 9.95. The summed E-state index contributed by atoms with van der Waals surface area (Å²) >= 11 is 0. The van der Waals surface area contributed by atoms with Crippen molar-refractivity contribution in [2.45, 2.75) is 90.5 Å². The van der Waals surface area contributed by atoms with Crippen molar-refractivity contribution in [3.8, 4) is 0 Å². The Bertz CT molecular complexity index is 249. The number of ether oxygens (including phenoxy) is 1. The lowest BCUT2D eigenvalue weighted by Gasteiger charge is -2.19. The Labute approximate surface area is 130 Å². The molecule has 0 saturated heterocycles. The normalized spacial score (nSPS) is 11.4. The maximum atomic E-state index is 11.4. The molecule has 2 N–H and O–H groups in total. The van der Waals surface area contributed by atoms with Gasteiger partial charge < -0.3 is 15.2 Å². The van der Waals surface area contributed by atoms with E-state index in [1.165, 1.54) is 38.5 Å². The molecule has 0 spiro atoms. The van der Waals surface area contributed by atoms with Crippen LogP contribution in [0.4, 0.5) is 4.79 Å². The van der Waals surface area contributed by atoms with E-state index < -0.39 is 0 Å². The second-order valence-electron chi connectivity index (χ2n) is 6.77. The van der Waals surface area contributed by atoms with Gasteiger partial charge in [-0.2, -0.15) is 0 Å². The van der Waals surface area contributed by atoms with Gasteiger partial charge in [-0.25, -0.2) is 4.79 Å². The van der Waals surface area contributed by atoms with Crippen LogP contribution >= 0.6 is 0 Å². The zero-order valence-corrected chi connectivity index (χ0v) is 14.2. The summed E-state index contributed by atoms with van der Waals surface area (Å²) in [6.07, 6.45) is 11.5. The lowest BCUT2D eigenvalue weighted by molar-refractivity contribution is 0.135. The van der Waals surface area contributed by atoms with Crippen molar-refractivity contribution >= 4 is 6.09 Å². The number of amides is 1. The van der Waals surface area contributed by atoms with E-state index in [1.54, 1.807) is 0 Å². The smallest absolute Gasteiger partial charge is 0.407 e. The molecule has 21 heavy (non-hydrogen) atoms. The van der Waals surface area contributed by atoms with Gasteiger partial charge in [0, 0.05) is 12.1 Å². The standard InChI is InChI=1S/C17H35NO3/c1-17(2,3)18-16(20)21-15-13-11-9-7-5-4-6-8-10-12-14-19/h19H,4-15H2,1-3H3,(H,18,20). The Kier molecular flexibility index (Phi) is 12.5. The van der Waals surface area contributed by atoms with Gasteiger partial charge in [0.15, 0.2) is 0 Å². The van der Waals surface area contributed by atoms with Crippen LogP contribution in [0, 0.1) is 0 Å². The molecule has 0 unspecified atom stereocenters. The fourth-order valence-electron chi connectivity index (χ4n) is 2.14. The van der Waals surface area contributed by atoms with Crippen molar-refractivity contribution in [1.82, 2.24) is 5.32 Å². The maximum Gasteiger partial charge on any atom is 0.407 e. The first-order valence-corrected chi connectivity index (χ1v) is 8.51. The van der Waals surface area contributed by atoms with Crippen molar-refractivity contribution in [2.24, 2.45) is 0 Å². The van der Waals surface area contributed by atoms with E-state index in [-0.39, 0.29) is 11.6 Å². The SMILES string of the molecule is CC(C)(C)NC(=O)OCCCCCCCCCCCCO. The first-order valence-electron chi connectivity index (χ1n) is 8.51. The number of hydrogen-bond donors (Lipinski definition) is 2. The number of nitrogens with one attached hydrogen (secondary N) is 1. The molecule has 0 aromatic heterocycles. The van der Waals surface area contributed by atoms with Crippen LogP contribution in [0.15, 0.2) is 0 Å². The van der Waals surface area contributed by atoms with Crippen LogP contribution in [0.3, 0.4) is 0 Å². The molecule has 1 amide bonds.